The monoisotopic (exact) mass is 486 g/mol. The standard InChI is InChI=1S/C31H38N2O3/c1-22-16-17-28(24(3)18-22)36-21-29(34)33(20-26-15-11-10-12-23(26)2)27(30(35)32-31(4,5)6)19-25-13-8-7-9-14-25/h7-18,27H,19-21H2,1-6H3,(H,32,35)/t27-/m1/s1. The second-order valence-electron chi connectivity index (χ2n) is 10.5. The number of aryl methyl sites for hydroxylation is 3. The zero-order chi connectivity index (χ0) is 26.3. The SMILES string of the molecule is Cc1ccc(OCC(=O)N(Cc2ccccc2C)[C@H](Cc2ccccc2)C(=O)NC(C)(C)C)c(C)c1. The lowest BCUT2D eigenvalue weighted by atomic mass is 10.00. The number of hydrogen-bond donors (Lipinski definition) is 1. The highest BCUT2D eigenvalue weighted by Crippen LogP contribution is 2.21. The fourth-order valence-corrected chi connectivity index (χ4v) is 4.16. The van der Waals surface area contributed by atoms with Crippen molar-refractivity contribution >= 4 is 11.8 Å². The lowest BCUT2D eigenvalue weighted by Gasteiger charge is -2.34. The van der Waals surface area contributed by atoms with Gasteiger partial charge in [-0.1, -0.05) is 72.3 Å². The smallest absolute Gasteiger partial charge is 0.261 e. The molecule has 2 amide bonds. The molecule has 0 fully saturated rings. The molecule has 3 rings (SSSR count). The highest BCUT2D eigenvalue weighted by atomic mass is 16.5. The predicted octanol–water partition coefficient (Wildman–Crippen LogP) is 5.55. The average Bonchev–Trinajstić information content (AvgIpc) is 2.81. The molecule has 0 radical (unpaired) electrons. The van der Waals surface area contributed by atoms with Crippen LogP contribution < -0.4 is 10.1 Å². The van der Waals surface area contributed by atoms with Crippen LogP contribution in [0.5, 0.6) is 5.75 Å². The fraction of sp³-hybridized carbons (Fsp3) is 0.355. The Morgan fingerprint density at radius 3 is 2.19 bits per heavy atom. The molecule has 0 unspecified atom stereocenters. The molecule has 190 valence electrons. The Bertz CT molecular complexity index is 1180. The summed E-state index contributed by atoms with van der Waals surface area (Å²) in [6.45, 7) is 12.0. The van der Waals surface area contributed by atoms with Gasteiger partial charge in [0, 0.05) is 18.5 Å². The van der Waals surface area contributed by atoms with E-state index in [1.165, 1.54) is 0 Å². The minimum atomic E-state index is -0.693. The van der Waals surface area contributed by atoms with Gasteiger partial charge in [0.25, 0.3) is 5.91 Å². The van der Waals surface area contributed by atoms with Gasteiger partial charge in [-0.25, -0.2) is 0 Å². The van der Waals surface area contributed by atoms with Crippen LogP contribution in [0.1, 0.15) is 48.6 Å². The van der Waals surface area contributed by atoms with Crippen LogP contribution in [0.25, 0.3) is 0 Å². The van der Waals surface area contributed by atoms with Gasteiger partial charge < -0.3 is 15.0 Å². The van der Waals surface area contributed by atoms with Crippen LogP contribution in [0.3, 0.4) is 0 Å². The van der Waals surface area contributed by atoms with Gasteiger partial charge in [-0.3, -0.25) is 9.59 Å². The van der Waals surface area contributed by atoms with Crippen molar-refractivity contribution in [1.29, 1.82) is 0 Å². The summed E-state index contributed by atoms with van der Waals surface area (Å²) in [5.74, 6) is 0.256. The molecule has 3 aromatic rings. The van der Waals surface area contributed by atoms with Gasteiger partial charge in [-0.2, -0.15) is 0 Å². The molecule has 0 bridgehead atoms. The normalized spacial score (nSPS) is 12.1. The summed E-state index contributed by atoms with van der Waals surface area (Å²) in [6, 6.07) is 23.0. The van der Waals surface area contributed by atoms with E-state index in [4.69, 9.17) is 4.74 Å². The summed E-state index contributed by atoms with van der Waals surface area (Å²) in [7, 11) is 0. The quantitative estimate of drug-likeness (QED) is 0.432. The maximum Gasteiger partial charge on any atom is 0.261 e. The molecule has 0 aliphatic carbocycles. The topological polar surface area (TPSA) is 58.6 Å². The Morgan fingerprint density at radius 1 is 0.889 bits per heavy atom. The Labute approximate surface area is 215 Å². The number of carbonyl (C=O) groups is 2. The lowest BCUT2D eigenvalue weighted by molar-refractivity contribution is -0.143. The molecular weight excluding hydrogens is 448 g/mol. The summed E-state index contributed by atoms with van der Waals surface area (Å²) in [4.78, 5) is 29.0. The molecule has 36 heavy (non-hydrogen) atoms. The van der Waals surface area contributed by atoms with Crippen LogP contribution >= 0.6 is 0 Å². The Balaban J connectivity index is 1.95. The maximum absolute atomic E-state index is 13.7. The van der Waals surface area contributed by atoms with Crippen LogP contribution in [0, 0.1) is 20.8 Å². The average molecular weight is 487 g/mol. The number of nitrogens with one attached hydrogen (secondary N) is 1. The number of hydrogen-bond acceptors (Lipinski definition) is 3. The van der Waals surface area contributed by atoms with E-state index >= 15 is 0 Å². The molecule has 0 aliphatic rings. The van der Waals surface area contributed by atoms with Crippen LogP contribution in [0.4, 0.5) is 0 Å². The first-order valence-corrected chi connectivity index (χ1v) is 12.4. The number of carbonyl (C=O) groups excluding carboxylic acids is 2. The second kappa shape index (κ2) is 11.9. The van der Waals surface area contributed by atoms with Gasteiger partial charge in [0.1, 0.15) is 11.8 Å². The zero-order valence-electron chi connectivity index (χ0n) is 22.3. The third kappa shape index (κ3) is 7.70. The summed E-state index contributed by atoms with van der Waals surface area (Å²) >= 11 is 0. The van der Waals surface area contributed by atoms with Gasteiger partial charge in [-0.15, -0.1) is 0 Å². The largest absolute Gasteiger partial charge is 0.483 e. The molecular formula is C31H38N2O3. The van der Waals surface area contributed by atoms with E-state index in [-0.39, 0.29) is 18.4 Å². The van der Waals surface area contributed by atoms with E-state index in [1.807, 2.05) is 114 Å². The minimum Gasteiger partial charge on any atom is -0.483 e. The molecule has 0 aromatic heterocycles. The van der Waals surface area contributed by atoms with E-state index in [0.29, 0.717) is 18.7 Å². The summed E-state index contributed by atoms with van der Waals surface area (Å²) in [5, 5.41) is 3.09. The third-order valence-electron chi connectivity index (χ3n) is 6.05. The van der Waals surface area contributed by atoms with Gasteiger partial charge >= 0.3 is 0 Å². The highest BCUT2D eigenvalue weighted by Gasteiger charge is 2.32. The van der Waals surface area contributed by atoms with E-state index in [0.717, 1.165) is 27.8 Å². The molecule has 1 N–H and O–H groups in total. The summed E-state index contributed by atoms with van der Waals surface area (Å²) < 4.78 is 5.96. The maximum atomic E-state index is 13.7. The van der Waals surface area contributed by atoms with E-state index in [1.54, 1.807) is 4.90 Å². The van der Waals surface area contributed by atoms with Crippen molar-refractivity contribution in [1.82, 2.24) is 10.2 Å². The van der Waals surface area contributed by atoms with Gasteiger partial charge in [0.15, 0.2) is 6.61 Å². The van der Waals surface area contributed by atoms with Crippen molar-refractivity contribution in [3.05, 3.63) is 101 Å². The molecule has 3 aromatic carbocycles. The molecule has 1 atom stereocenters. The Kier molecular flexibility index (Phi) is 8.92. The molecule has 5 heteroatoms. The van der Waals surface area contributed by atoms with Crippen molar-refractivity contribution in [2.24, 2.45) is 0 Å². The van der Waals surface area contributed by atoms with Gasteiger partial charge in [-0.05, 0) is 69.9 Å². The highest BCUT2D eigenvalue weighted by molar-refractivity contribution is 5.89. The van der Waals surface area contributed by atoms with Crippen molar-refractivity contribution in [3.63, 3.8) is 0 Å². The fourth-order valence-electron chi connectivity index (χ4n) is 4.16. The molecule has 0 saturated carbocycles. The molecule has 0 aliphatic heterocycles. The van der Waals surface area contributed by atoms with Crippen LogP contribution in [0.15, 0.2) is 72.8 Å². The van der Waals surface area contributed by atoms with Crippen molar-refractivity contribution in [3.8, 4) is 5.75 Å². The molecule has 0 heterocycles. The summed E-state index contributed by atoms with van der Waals surface area (Å²) in [5.41, 5.74) is 4.73. The Morgan fingerprint density at radius 2 is 1.56 bits per heavy atom. The first-order chi connectivity index (χ1) is 17.0. The summed E-state index contributed by atoms with van der Waals surface area (Å²) in [6.07, 6.45) is 0.407. The van der Waals surface area contributed by atoms with Crippen LogP contribution in [0.2, 0.25) is 0 Å². The van der Waals surface area contributed by atoms with Crippen LogP contribution in [-0.4, -0.2) is 34.9 Å². The lowest BCUT2D eigenvalue weighted by Crippen LogP contribution is -2.55. The molecule has 0 saturated heterocycles. The molecule has 5 nitrogen and oxygen atoms in total. The van der Waals surface area contributed by atoms with Crippen molar-refractivity contribution in [2.45, 2.75) is 66.1 Å². The first-order valence-electron chi connectivity index (χ1n) is 12.4. The number of benzene rings is 3. The van der Waals surface area contributed by atoms with E-state index < -0.39 is 11.6 Å². The number of ether oxygens (including phenoxy) is 1. The van der Waals surface area contributed by atoms with Crippen molar-refractivity contribution < 1.29 is 14.3 Å². The Hall–Kier alpha value is -3.60. The first kappa shape index (κ1) is 27.0. The minimum absolute atomic E-state index is 0.149. The van der Waals surface area contributed by atoms with Crippen LogP contribution in [-0.2, 0) is 22.6 Å². The van der Waals surface area contributed by atoms with Gasteiger partial charge in [0.2, 0.25) is 5.91 Å². The van der Waals surface area contributed by atoms with E-state index in [2.05, 4.69) is 5.32 Å². The zero-order valence-corrected chi connectivity index (χ0v) is 22.3. The van der Waals surface area contributed by atoms with Crippen molar-refractivity contribution in [2.75, 3.05) is 6.61 Å². The van der Waals surface area contributed by atoms with Gasteiger partial charge in [0.05, 0.1) is 0 Å². The molecule has 0 spiro atoms. The third-order valence-corrected chi connectivity index (χ3v) is 6.05. The van der Waals surface area contributed by atoms with E-state index in [9.17, 15) is 9.59 Å². The number of rotatable bonds is 9. The number of amides is 2. The number of nitrogens with zero attached hydrogens (tertiary/aromatic N) is 1. The second-order valence-corrected chi connectivity index (χ2v) is 10.5. The predicted molar refractivity (Wildman–Crippen MR) is 145 cm³/mol.